The fraction of sp³-hybridized carbons (Fsp3) is 1.00. The molecule has 0 saturated carbocycles. The normalized spacial score (nSPS) is 14.0. The maximum Gasteiger partial charge on any atom is 0.294 e. The van der Waals surface area contributed by atoms with Gasteiger partial charge in [-0.3, -0.25) is 9.13 Å². The lowest BCUT2D eigenvalue weighted by Gasteiger charge is -2.57. The molecule has 0 aliphatic heterocycles. The minimum atomic E-state index is -1.83. The van der Waals surface area contributed by atoms with Crippen LogP contribution in [0.5, 0.6) is 0 Å². The standard InChI is InChI=1S/C14H35N3Si/c1-10-16(11-2)18(15(8)9,14(5,6)7)17(12-3)13-4/h10-13H2,1-9H3. The van der Waals surface area contributed by atoms with E-state index < -0.39 is 8.56 Å². The van der Waals surface area contributed by atoms with Crippen molar-refractivity contribution in [1.29, 1.82) is 0 Å². The Balaban J connectivity index is 5.87. The molecule has 0 unspecified atom stereocenters. The Morgan fingerprint density at radius 1 is 0.722 bits per heavy atom. The minimum Gasteiger partial charge on any atom is -0.305 e. The monoisotopic (exact) mass is 273 g/mol. The first-order valence-electron chi connectivity index (χ1n) is 7.41. The van der Waals surface area contributed by atoms with E-state index in [1.54, 1.807) is 0 Å². The molecule has 0 aliphatic rings. The van der Waals surface area contributed by atoms with E-state index in [0.717, 1.165) is 26.2 Å². The van der Waals surface area contributed by atoms with Crippen molar-refractivity contribution in [2.24, 2.45) is 0 Å². The van der Waals surface area contributed by atoms with Crippen LogP contribution in [-0.4, -0.2) is 62.5 Å². The molecule has 0 radical (unpaired) electrons. The van der Waals surface area contributed by atoms with Crippen molar-refractivity contribution in [3.63, 3.8) is 0 Å². The first kappa shape index (κ1) is 18.1. The summed E-state index contributed by atoms with van der Waals surface area (Å²) < 4.78 is 7.98. The molecule has 4 heteroatoms. The molecular formula is C14H35N3Si. The van der Waals surface area contributed by atoms with Gasteiger partial charge in [-0.15, -0.1) is 0 Å². The van der Waals surface area contributed by atoms with Crippen LogP contribution in [0.3, 0.4) is 0 Å². The van der Waals surface area contributed by atoms with Crippen LogP contribution in [0.4, 0.5) is 0 Å². The Kier molecular flexibility index (Phi) is 7.07. The molecule has 0 rings (SSSR count). The van der Waals surface area contributed by atoms with Crippen molar-refractivity contribution >= 4 is 8.56 Å². The van der Waals surface area contributed by atoms with Gasteiger partial charge in [0.2, 0.25) is 0 Å². The van der Waals surface area contributed by atoms with Gasteiger partial charge in [-0.05, 0) is 45.3 Å². The highest BCUT2D eigenvalue weighted by atomic mass is 28.4. The molecule has 0 saturated heterocycles. The first-order valence-corrected chi connectivity index (χ1v) is 9.25. The highest BCUT2D eigenvalue weighted by Gasteiger charge is 2.55. The van der Waals surface area contributed by atoms with E-state index in [4.69, 9.17) is 0 Å². The minimum absolute atomic E-state index is 0.300. The van der Waals surface area contributed by atoms with Crippen LogP contribution in [0.15, 0.2) is 0 Å². The van der Waals surface area contributed by atoms with Gasteiger partial charge >= 0.3 is 0 Å². The second-order valence-electron chi connectivity index (χ2n) is 6.12. The lowest BCUT2D eigenvalue weighted by atomic mass is 10.2. The first-order chi connectivity index (χ1) is 8.23. The topological polar surface area (TPSA) is 9.72 Å². The average Bonchev–Trinajstić information content (AvgIpc) is 2.27. The van der Waals surface area contributed by atoms with Crippen LogP contribution in [0.2, 0.25) is 5.04 Å². The van der Waals surface area contributed by atoms with Crippen LogP contribution in [0, 0.1) is 0 Å². The van der Waals surface area contributed by atoms with Gasteiger partial charge in [-0.2, -0.15) is 0 Å². The molecular weight excluding hydrogens is 238 g/mol. The van der Waals surface area contributed by atoms with Gasteiger partial charge in [0.1, 0.15) is 0 Å². The summed E-state index contributed by atoms with van der Waals surface area (Å²) in [6, 6.07) is 0. The Hall–Kier alpha value is 0.0969. The number of nitrogens with zero attached hydrogens (tertiary/aromatic N) is 3. The van der Waals surface area contributed by atoms with Gasteiger partial charge in [-0.1, -0.05) is 48.5 Å². The van der Waals surface area contributed by atoms with Gasteiger partial charge in [-0.25, -0.2) is 0 Å². The van der Waals surface area contributed by atoms with E-state index in [1.165, 1.54) is 0 Å². The largest absolute Gasteiger partial charge is 0.305 e. The van der Waals surface area contributed by atoms with E-state index in [-0.39, 0.29) is 0 Å². The zero-order chi connectivity index (χ0) is 14.6. The molecule has 0 bridgehead atoms. The maximum absolute atomic E-state index is 2.72. The second kappa shape index (κ2) is 7.03. The average molecular weight is 274 g/mol. The maximum atomic E-state index is 2.72. The van der Waals surface area contributed by atoms with Gasteiger partial charge < -0.3 is 4.57 Å². The predicted molar refractivity (Wildman–Crippen MR) is 85.0 cm³/mol. The Bertz CT molecular complexity index is 216. The molecule has 0 N–H and O–H groups in total. The Morgan fingerprint density at radius 3 is 1.11 bits per heavy atom. The molecule has 110 valence electrons. The third-order valence-electron chi connectivity index (χ3n) is 4.04. The smallest absolute Gasteiger partial charge is 0.294 e. The summed E-state index contributed by atoms with van der Waals surface area (Å²) in [5.41, 5.74) is 0. The van der Waals surface area contributed by atoms with E-state index in [9.17, 15) is 0 Å². The van der Waals surface area contributed by atoms with Crippen LogP contribution in [0.1, 0.15) is 48.5 Å². The molecule has 0 atom stereocenters. The molecule has 0 aromatic rings. The van der Waals surface area contributed by atoms with Crippen LogP contribution in [0.25, 0.3) is 0 Å². The van der Waals surface area contributed by atoms with Crippen molar-refractivity contribution < 1.29 is 0 Å². The van der Waals surface area contributed by atoms with Gasteiger partial charge in [0, 0.05) is 0 Å². The summed E-state index contributed by atoms with van der Waals surface area (Å²) in [4.78, 5) is 0. The summed E-state index contributed by atoms with van der Waals surface area (Å²) in [7, 11) is 2.71. The highest BCUT2D eigenvalue weighted by molar-refractivity contribution is 6.74. The van der Waals surface area contributed by atoms with Crippen molar-refractivity contribution in [3.8, 4) is 0 Å². The number of hydrogen-bond acceptors (Lipinski definition) is 3. The molecule has 18 heavy (non-hydrogen) atoms. The van der Waals surface area contributed by atoms with Crippen LogP contribution < -0.4 is 0 Å². The zero-order valence-electron chi connectivity index (χ0n) is 14.2. The van der Waals surface area contributed by atoms with E-state index >= 15 is 0 Å². The summed E-state index contributed by atoms with van der Waals surface area (Å²) in [6.45, 7) is 21.0. The summed E-state index contributed by atoms with van der Waals surface area (Å²) in [5.74, 6) is 0. The fourth-order valence-electron chi connectivity index (χ4n) is 3.71. The third kappa shape index (κ3) is 2.98. The highest BCUT2D eigenvalue weighted by Crippen LogP contribution is 2.41. The number of hydrogen-bond donors (Lipinski definition) is 0. The molecule has 0 aromatic carbocycles. The van der Waals surface area contributed by atoms with Gasteiger partial charge in [0.05, 0.1) is 0 Å². The molecule has 0 aromatic heterocycles. The Labute approximate surface area is 116 Å². The quantitative estimate of drug-likeness (QED) is 0.660. The lowest BCUT2D eigenvalue weighted by Crippen LogP contribution is -2.77. The fourth-order valence-corrected chi connectivity index (χ4v) is 10.2. The van der Waals surface area contributed by atoms with E-state index in [0.29, 0.717) is 5.04 Å². The Morgan fingerprint density at radius 2 is 1.00 bits per heavy atom. The molecule has 0 heterocycles. The van der Waals surface area contributed by atoms with Crippen LogP contribution in [-0.2, 0) is 0 Å². The van der Waals surface area contributed by atoms with Crippen LogP contribution >= 0.6 is 0 Å². The molecule has 0 fully saturated rings. The SMILES string of the molecule is CCN(CC)[Si](N(C)C)(N(CC)CC)C(C)(C)C. The molecule has 0 amide bonds. The van der Waals surface area contributed by atoms with Crippen molar-refractivity contribution in [3.05, 3.63) is 0 Å². The van der Waals surface area contributed by atoms with E-state index in [1.807, 2.05) is 0 Å². The predicted octanol–water partition coefficient (Wildman–Crippen LogP) is 2.97. The van der Waals surface area contributed by atoms with Gasteiger partial charge in [0.15, 0.2) is 0 Å². The number of rotatable bonds is 7. The summed E-state index contributed by atoms with van der Waals surface area (Å²) in [5, 5.41) is 0.300. The summed E-state index contributed by atoms with van der Waals surface area (Å²) >= 11 is 0. The third-order valence-corrected chi connectivity index (χ3v) is 10.3. The van der Waals surface area contributed by atoms with Crippen molar-refractivity contribution in [2.45, 2.75) is 53.5 Å². The van der Waals surface area contributed by atoms with E-state index in [2.05, 4.69) is 76.3 Å². The van der Waals surface area contributed by atoms with Crippen molar-refractivity contribution in [1.82, 2.24) is 13.7 Å². The molecule has 3 nitrogen and oxygen atoms in total. The summed E-state index contributed by atoms with van der Waals surface area (Å²) in [6.07, 6.45) is 0. The molecule has 0 spiro atoms. The molecule has 0 aliphatic carbocycles. The van der Waals surface area contributed by atoms with Crippen molar-refractivity contribution in [2.75, 3.05) is 40.3 Å². The van der Waals surface area contributed by atoms with Gasteiger partial charge in [0.25, 0.3) is 8.56 Å². The zero-order valence-corrected chi connectivity index (χ0v) is 15.2. The second-order valence-corrected chi connectivity index (χ2v) is 11.1. The lowest BCUT2D eigenvalue weighted by molar-refractivity contribution is 0.259.